The van der Waals surface area contributed by atoms with E-state index in [0.29, 0.717) is 10.7 Å². The maximum atomic E-state index is 13.6. The van der Waals surface area contributed by atoms with Gasteiger partial charge < -0.3 is 5.32 Å². The summed E-state index contributed by atoms with van der Waals surface area (Å²) in [5, 5.41) is 7.50. The second-order valence-electron chi connectivity index (χ2n) is 3.84. The molecular weight excluding hydrogens is 241 g/mol. The number of nitrogens with zero attached hydrogens (tertiary/aromatic N) is 2. The van der Waals surface area contributed by atoms with E-state index in [9.17, 15) is 4.39 Å². The Hall–Kier alpha value is -1.55. The van der Waals surface area contributed by atoms with Crippen LogP contribution in [-0.4, -0.2) is 9.78 Å². The Morgan fingerprint density at radius 3 is 2.76 bits per heavy atom. The summed E-state index contributed by atoms with van der Waals surface area (Å²) in [6.07, 6.45) is 1.70. The van der Waals surface area contributed by atoms with Crippen molar-refractivity contribution in [3.63, 3.8) is 0 Å². The van der Waals surface area contributed by atoms with Gasteiger partial charge in [0.1, 0.15) is 5.82 Å². The SMILES string of the molecule is CC(Nc1c(F)cccc1Cl)c1ccnn1C. The number of aromatic nitrogens is 2. The highest BCUT2D eigenvalue weighted by Crippen LogP contribution is 2.28. The first kappa shape index (κ1) is 11.9. The summed E-state index contributed by atoms with van der Waals surface area (Å²) >= 11 is 5.95. The van der Waals surface area contributed by atoms with E-state index in [0.717, 1.165) is 5.69 Å². The van der Waals surface area contributed by atoms with Crippen molar-refractivity contribution in [3.05, 3.63) is 47.0 Å². The van der Waals surface area contributed by atoms with Crippen molar-refractivity contribution in [2.24, 2.45) is 7.05 Å². The van der Waals surface area contributed by atoms with Gasteiger partial charge in [-0.05, 0) is 25.1 Å². The molecule has 2 rings (SSSR count). The van der Waals surface area contributed by atoms with Gasteiger partial charge in [-0.2, -0.15) is 5.10 Å². The molecule has 1 unspecified atom stereocenters. The molecule has 0 aliphatic rings. The van der Waals surface area contributed by atoms with Crippen LogP contribution in [0.4, 0.5) is 10.1 Å². The molecule has 1 N–H and O–H groups in total. The number of para-hydroxylation sites is 1. The summed E-state index contributed by atoms with van der Waals surface area (Å²) in [7, 11) is 1.84. The van der Waals surface area contributed by atoms with Gasteiger partial charge in [-0.3, -0.25) is 4.68 Å². The van der Waals surface area contributed by atoms with Crippen LogP contribution in [0.2, 0.25) is 5.02 Å². The van der Waals surface area contributed by atoms with E-state index in [-0.39, 0.29) is 11.9 Å². The van der Waals surface area contributed by atoms with E-state index in [1.165, 1.54) is 6.07 Å². The van der Waals surface area contributed by atoms with Gasteiger partial charge in [0.2, 0.25) is 0 Å². The van der Waals surface area contributed by atoms with Crippen LogP contribution >= 0.6 is 11.6 Å². The third-order valence-corrected chi connectivity index (χ3v) is 2.94. The number of nitrogens with one attached hydrogen (secondary N) is 1. The van der Waals surface area contributed by atoms with Gasteiger partial charge >= 0.3 is 0 Å². The third kappa shape index (κ3) is 2.42. The highest BCUT2D eigenvalue weighted by Gasteiger charge is 2.13. The smallest absolute Gasteiger partial charge is 0.147 e. The summed E-state index contributed by atoms with van der Waals surface area (Å²) in [4.78, 5) is 0. The molecule has 1 heterocycles. The minimum absolute atomic E-state index is 0.0723. The van der Waals surface area contributed by atoms with Gasteiger partial charge in [0.05, 0.1) is 22.4 Å². The molecule has 0 radical (unpaired) electrons. The molecule has 1 atom stereocenters. The summed E-state index contributed by atoms with van der Waals surface area (Å²) < 4.78 is 15.3. The lowest BCUT2D eigenvalue weighted by atomic mass is 10.2. The molecule has 0 amide bonds. The van der Waals surface area contributed by atoms with Gasteiger partial charge in [0.25, 0.3) is 0 Å². The zero-order valence-electron chi connectivity index (χ0n) is 9.61. The van der Waals surface area contributed by atoms with Gasteiger partial charge in [0, 0.05) is 13.2 Å². The number of hydrogen-bond acceptors (Lipinski definition) is 2. The van der Waals surface area contributed by atoms with Gasteiger partial charge in [-0.25, -0.2) is 4.39 Å². The average molecular weight is 254 g/mol. The van der Waals surface area contributed by atoms with E-state index < -0.39 is 0 Å². The van der Waals surface area contributed by atoms with Crippen molar-refractivity contribution in [2.45, 2.75) is 13.0 Å². The Bertz CT molecular complexity index is 504. The number of anilines is 1. The lowest BCUT2D eigenvalue weighted by Gasteiger charge is -2.17. The van der Waals surface area contributed by atoms with E-state index >= 15 is 0 Å². The maximum Gasteiger partial charge on any atom is 0.147 e. The van der Waals surface area contributed by atoms with E-state index in [2.05, 4.69) is 10.4 Å². The fourth-order valence-electron chi connectivity index (χ4n) is 1.73. The van der Waals surface area contributed by atoms with Crippen LogP contribution < -0.4 is 5.32 Å². The number of aryl methyl sites for hydroxylation is 1. The molecular formula is C12H13ClFN3. The number of hydrogen-bond donors (Lipinski definition) is 1. The van der Waals surface area contributed by atoms with E-state index in [4.69, 9.17) is 11.6 Å². The predicted molar refractivity (Wildman–Crippen MR) is 66.7 cm³/mol. The number of halogens is 2. The van der Waals surface area contributed by atoms with Crippen molar-refractivity contribution in [2.75, 3.05) is 5.32 Å². The zero-order chi connectivity index (χ0) is 12.4. The predicted octanol–water partition coefficient (Wildman–Crippen LogP) is 3.39. The Kier molecular flexibility index (Phi) is 3.33. The van der Waals surface area contributed by atoms with Crippen LogP contribution in [-0.2, 0) is 7.05 Å². The lowest BCUT2D eigenvalue weighted by molar-refractivity contribution is 0.622. The minimum Gasteiger partial charge on any atom is -0.373 e. The zero-order valence-corrected chi connectivity index (χ0v) is 10.4. The molecule has 0 spiro atoms. The van der Waals surface area contributed by atoms with Crippen molar-refractivity contribution in [3.8, 4) is 0 Å². The monoisotopic (exact) mass is 253 g/mol. The van der Waals surface area contributed by atoms with E-state index in [1.807, 2.05) is 20.0 Å². The molecule has 0 aliphatic heterocycles. The molecule has 90 valence electrons. The van der Waals surface area contributed by atoms with Crippen molar-refractivity contribution in [1.29, 1.82) is 0 Å². The first-order chi connectivity index (χ1) is 8.09. The van der Waals surface area contributed by atoms with Crippen molar-refractivity contribution in [1.82, 2.24) is 9.78 Å². The molecule has 3 nitrogen and oxygen atoms in total. The average Bonchev–Trinajstić information content (AvgIpc) is 2.70. The van der Waals surface area contributed by atoms with Gasteiger partial charge in [0.15, 0.2) is 0 Å². The Labute approximate surface area is 104 Å². The highest BCUT2D eigenvalue weighted by atomic mass is 35.5. The van der Waals surface area contributed by atoms with Crippen LogP contribution in [0.25, 0.3) is 0 Å². The van der Waals surface area contributed by atoms with Crippen molar-refractivity contribution < 1.29 is 4.39 Å². The van der Waals surface area contributed by atoms with Crippen LogP contribution in [0.15, 0.2) is 30.5 Å². The standard InChI is InChI=1S/C12H13ClFN3/c1-8(11-6-7-15-17(11)2)16-12-9(13)4-3-5-10(12)14/h3-8,16H,1-2H3. The molecule has 0 saturated carbocycles. The maximum absolute atomic E-state index is 13.6. The second kappa shape index (κ2) is 4.75. The highest BCUT2D eigenvalue weighted by molar-refractivity contribution is 6.33. The summed E-state index contributed by atoms with van der Waals surface area (Å²) in [6.45, 7) is 1.93. The fourth-order valence-corrected chi connectivity index (χ4v) is 1.95. The topological polar surface area (TPSA) is 29.9 Å². The van der Waals surface area contributed by atoms with Crippen LogP contribution in [0.3, 0.4) is 0 Å². The molecule has 0 aliphatic carbocycles. The van der Waals surface area contributed by atoms with E-state index in [1.54, 1.807) is 23.0 Å². The molecule has 1 aromatic heterocycles. The quantitative estimate of drug-likeness (QED) is 0.909. The Morgan fingerprint density at radius 2 is 2.18 bits per heavy atom. The third-order valence-electron chi connectivity index (χ3n) is 2.63. The van der Waals surface area contributed by atoms with Gasteiger partial charge in [-0.15, -0.1) is 0 Å². The molecule has 1 aromatic carbocycles. The number of benzene rings is 1. The summed E-state index contributed by atoms with van der Waals surface area (Å²) in [6, 6.07) is 6.42. The summed E-state index contributed by atoms with van der Waals surface area (Å²) in [5.74, 6) is -0.355. The first-order valence-electron chi connectivity index (χ1n) is 5.28. The molecule has 2 aromatic rings. The lowest BCUT2D eigenvalue weighted by Crippen LogP contribution is -2.12. The summed E-state index contributed by atoms with van der Waals surface area (Å²) in [5.41, 5.74) is 1.28. The number of rotatable bonds is 3. The molecule has 0 bridgehead atoms. The first-order valence-corrected chi connectivity index (χ1v) is 5.66. The fraction of sp³-hybridized carbons (Fsp3) is 0.250. The van der Waals surface area contributed by atoms with Crippen molar-refractivity contribution >= 4 is 17.3 Å². The minimum atomic E-state index is -0.355. The van der Waals surface area contributed by atoms with Crippen LogP contribution in [0, 0.1) is 5.82 Å². The molecule has 17 heavy (non-hydrogen) atoms. The Morgan fingerprint density at radius 1 is 1.41 bits per heavy atom. The van der Waals surface area contributed by atoms with Crippen LogP contribution in [0.5, 0.6) is 0 Å². The molecule has 0 fully saturated rings. The largest absolute Gasteiger partial charge is 0.373 e. The van der Waals surface area contributed by atoms with Gasteiger partial charge in [-0.1, -0.05) is 17.7 Å². The molecule has 0 saturated heterocycles. The normalized spacial score (nSPS) is 12.5. The second-order valence-corrected chi connectivity index (χ2v) is 4.25. The molecule has 5 heteroatoms. The van der Waals surface area contributed by atoms with Crippen LogP contribution in [0.1, 0.15) is 18.7 Å². The Balaban J connectivity index is 2.25.